The van der Waals surface area contributed by atoms with Gasteiger partial charge in [-0.15, -0.1) is 10.2 Å². The van der Waals surface area contributed by atoms with Crippen molar-refractivity contribution in [2.45, 2.75) is 23.9 Å². The number of benzene rings is 3. The van der Waals surface area contributed by atoms with E-state index in [9.17, 15) is 9.90 Å². The third-order valence-corrected chi connectivity index (χ3v) is 6.55. The number of carbonyl (C=O) groups excluding carboxylic acids is 1. The van der Waals surface area contributed by atoms with Gasteiger partial charge in [-0.1, -0.05) is 41.6 Å². The first-order valence-corrected chi connectivity index (χ1v) is 12.6. The van der Waals surface area contributed by atoms with Crippen LogP contribution in [0.3, 0.4) is 0 Å². The Bertz CT molecular complexity index is 1380. The molecule has 0 aliphatic carbocycles. The maximum atomic E-state index is 12.7. The third kappa shape index (κ3) is 6.81. The number of halogens is 1. The molecule has 9 nitrogen and oxygen atoms in total. The van der Waals surface area contributed by atoms with E-state index in [4.69, 9.17) is 16.3 Å². The molecule has 0 bridgehead atoms. The molecule has 4 aromatic rings. The first-order valence-electron chi connectivity index (χ1n) is 11.3. The van der Waals surface area contributed by atoms with Crippen molar-refractivity contribution in [2.24, 2.45) is 5.10 Å². The Morgan fingerprint density at radius 3 is 2.65 bits per heavy atom. The van der Waals surface area contributed by atoms with E-state index in [1.54, 1.807) is 19.1 Å². The van der Waals surface area contributed by atoms with Crippen molar-refractivity contribution >= 4 is 41.2 Å². The van der Waals surface area contributed by atoms with Crippen LogP contribution in [0.2, 0.25) is 5.02 Å². The number of ether oxygens (including phenoxy) is 1. The van der Waals surface area contributed by atoms with Gasteiger partial charge in [0, 0.05) is 16.4 Å². The van der Waals surface area contributed by atoms with E-state index in [0.717, 1.165) is 11.4 Å². The highest BCUT2D eigenvalue weighted by Crippen LogP contribution is 2.27. The van der Waals surface area contributed by atoms with Gasteiger partial charge in [0.15, 0.2) is 22.5 Å². The fourth-order valence-electron chi connectivity index (χ4n) is 3.32. The lowest BCUT2D eigenvalue weighted by Crippen LogP contribution is -2.27. The summed E-state index contributed by atoms with van der Waals surface area (Å²) in [6, 6.07) is 21.9. The summed E-state index contributed by atoms with van der Waals surface area (Å²) in [5.41, 5.74) is 5.00. The van der Waals surface area contributed by atoms with Gasteiger partial charge in [-0.25, -0.2) is 5.43 Å². The average Bonchev–Trinajstić information content (AvgIpc) is 3.31. The van der Waals surface area contributed by atoms with Crippen molar-refractivity contribution in [3.8, 4) is 17.2 Å². The van der Waals surface area contributed by atoms with Gasteiger partial charge in [-0.05, 0) is 67.1 Å². The molecule has 0 aliphatic rings. The van der Waals surface area contributed by atoms with E-state index >= 15 is 0 Å². The van der Waals surface area contributed by atoms with Crippen LogP contribution in [0.1, 0.15) is 18.3 Å². The lowest BCUT2D eigenvalue weighted by atomic mass is 10.2. The Morgan fingerprint density at radius 2 is 1.92 bits per heavy atom. The quantitative estimate of drug-likeness (QED) is 0.150. The van der Waals surface area contributed by atoms with Crippen LogP contribution >= 0.6 is 23.4 Å². The summed E-state index contributed by atoms with van der Waals surface area (Å²) in [5, 5.41) is 26.5. The number of nitrogens with zero attached hydrogens (tertiary/aromatic N) is 4. The Labute approximate surface area is 223 Å². The van der Waals surface area contributed by atoms with E-state index in [-0.39, 0.29) is 11.7 Å². The molecule has 190 valence electrons. The lowest BCUT2D eigenvalue weighted by Gasteiger charge is -2.13. The minimum absolute atomic E-state index is 0.0268. The molecular formula is C26H25ClN6O3S. The molecule has 0 aliphatic heterocycles. The summed E-state index contributed by atoms with van der Waals surface area (Å²) in [6.45, 7) is 2.19. The van der Waals surface area contributed by atoms with Gasteiger partial charge >= 0.3 is 0 Å². The molecular weight excluding hydrogens is 512 g/mol. The summed E-state index contributed by atoms with van der Waals surface area (Å²) in [6.07, 6.45) is 1.48. The maximum absolute atomic E-state index is 12.7. The predicted octanol–water partition coefficient (Wildman–Crippen LogP) is 4.88. The zero-order valence-electron chi connectivity index (χ0n) is 20.1. The van der Waals surface area contributed by atoms with E-state index < -0.39 is 5.25 Å². The number of hydrazone groups is 1. The largest absolute Gasteiger partial charge is 0.504 e. The number of anilines is 1. The van der Waals surface area contributed by atoms with Crippen molar-refractivity contribution in [1.29, 1.82) is 0 Å². The average molecular weight is 537 g/mol. The normalized spacial score (nSPS) is 11.9. The molecule has 1 unspecified atom stereocenters. The smallest absolute Gasteiger partial charge is 0.253 e. The van der Waals surface area contributed by atoms with Crippen LogP contribution in [0.25, 0.3) is 5.69 Å². The molecule has 0 spiro atoms. The predicted molar refractivity (Wildman–Crippen MR) is 146 cm³/mol. The number of hydrogen-bond donors (Lipinski definition) is 3. The molecule has 0 saturated carbocycles. The standard InChI is InChI=1S/C26H25ClN6O3S/c1-17(25(35)31-29-15-18-8-13-22(34)23(14-18)36-2)37-26-32-30-24(33(26)21-6-4-3-5-7-21)16-28-20-11-9-19(27)10-12-20/h3-15,17,28,34H,16H2,1-2H3,(H,31,35). The number of carbonyl (C=O) groups is 1. The van der Waals surface area contributed by atoms with Crippen LogP contribution in [-0.2, 0) is 11.3 Å². The Morgan fingerprint density at radius 1 is 1.16 bits per heavy atom. The zero-order chi connectivity index (χ0) is 26.2. The monoisotopic (exact) mass is 536 g/mol. The number of aromatic nitrogens is 3. The fourth-order valence-corrected chi connectivity index (χ4v) is 4.33. The number of amides is 1. The van der Waals surface area contributed by atoms with Gasteiger partial charge in [-0.2, -0.15) is 5.10 Å². The molecule has 4 rings (SSSR count). The number of phenols is 1. The van der Waals surface area contributed by atoms with E-state index in [1.165, 1.54) is 31.2 Å². The van der Waals surface area contributed by atoms with Gasteiger partial charge in [0.1, 0.15) is 0 Å². The molecule has 37 heavy (non-hydrogen) atoms. The van der Waals surface area contributed by atoms with Gasteiger partial charge in [0.2, 0.25) is 0 Å². The van der Waals surface area contributed by atoms with Crippen molar-refractivity contribution < 1.29 is 14.6 Å². The summed E-state index contributed by atoms with van der Waals surface area (Å²) in [4.78, 5) is 12.7. The fraction of sp³-hybridized carbons (Fsp3) is 0.154. The van der Waals surface area contributed by atoms with E-state index in [1.807, 2.05) is 59.2 Å². The Hall–Kier alpha value is -4.02. The van der Waals surface area contributed by atoms with E-state index in [2.05, 4.69) is 26.0 Å². The third-order valence-electron chi connectivity index (χ3n) is 5.25. The molecule has 3 N–H and O–H groups in total. The number of thioether (sulfide) groups is 1. The second-order valence-electron chi connectivity index (χ2n) is 7.86. The van der Waals surface area contributed by atoms with Gasteiger partial charge < -0.3 is 15.2 Å². The molecule has 0 radical (unpaired) electrons. The van der Waals surface area contributed by atoms with Crippen LogP contribution < -0.4 is 15.5 Å². The highest BCUT2D eigenvalue weighted by atomic mass is 35.5. The number of nitrogens with one attached hydrogen (secondary N) is 2. The Balaban J connectivity index is 1.45. The molecule has 1 amide bonds. The zero-order valence-corrected chi connectivity index (χ0v) is 21.7. The number of methoxy groups -OCH3 is 1. The molecule has 3 aromatic carbocycles. The van der Waals surface area contributed by atoms with E-state index in [0.29, 0.717) is 33.9 Å². The maximum Gasteiger partial charge on any atom is 0.253 e. The topological polar surface area (TPSA) is 114 Å². The first kappa shape index (κ1) is 26.1. The van der Waals surface area contributed by atoms with Crippen LogP contribution in [0.15, 0.2) is 83.1 Å². The molecule has 11 heteroatoms. The molecule has 0 saturated heterocycles. The highest BCUT2D eigenvalue weighted by molar-refractivity contribution is 8.00. The number of rotatable bonds is 10. The number of para-hydroxylation sites is 1. The Kier molecular flexibility index (Phi) is 8.65. The SMILES string of the molecule is COc1cc(C=NNC(=O)C(C)Sc2nnc(CNc3ccc(Cl)cc3)n2-c2ccccc2)ccc1O. The van der Waals surface area contributed by atoms with Crippen LogP contribution in [0.4, 0.5) is 5.69 Å². The van der Waals surface area contributed by atoms with Gasteiger partial charge in [0.25, 0.3) is 5.91 Å². The van der Waals surface area contributed by atoms with Crippen LogP contribution in [0, 0.1) is 0 Å². The molecule has 1 atom stereocenters. The summed E-state index contributed by atoms with van der Waals surface area (Å²) >= 11 is 7.26. The summed E-state index contributed by atoms with van der Waals surface area (Å²) in [5.74, 6) is 0.741. The van der Waals surface area contributed by atoms with Crippen molar-refractivity contribution in [2.75, 3.05) is 12.4 Å². The van der Waals surface area contributed by atoms with Gasteiger partial charge in [-0.3, -0.25) is 9.36 Å². The van der Waals surface area contributed by atoms with Crippen molar-refractivity contribution in [1.82, 2.24) is 20.2 Å². The second-order valence-corrected chi connectivity index (χ2v) is 9.60. The minimum Gasteiger partial charge on any atom is -0.504 e. The summed E-state index contributed by atoms with van der Waals surface area (Å²) in [7, 11) is 1.46. The van der Waals surface area contributed by atoms with Crippen molar-refractivity contribution in [3.05, 3.63) is 89.2 Å². The van der Waals surface area contributed by atoms with Crippen LogP contribution in [-0.4, -0.2) is 44.4 Å². The molecule has 1 heterocycles. The first-order chi connectivity index (χ1) is 17.9. The van der Waals surface area contributed by atoms with Gasteiger partial charge in [0.05, 0.1) is 25.1 Å². The molecule has 1 aromatic heterocycles. The highest BCUT2D eigenvalue weighted by Gasteiger charge is 2.21. The minimum atomic E-state index is -0.504. The molecule has 0 fully saturated rings. The second kappa shape index (κ2) is 12.3. The van der Waals surface area contributed by atoms with Crippen molar-refractivity contribution in [3.63, 3.8) is 0 Å². The number of aromatic hydroxyl groups is 1. The number of hydrogen-bond acceptors (Lipinski definition) is 8. The number of phenolic OH excluding ortho intramolecular Hbond substituents is 1. The lowest BCUT2D eigenvalue weighted by molar-refractivity contribution is -0.120. The summed E-state index contributed by atoms with van der Waals surface area (Å²) < 4.78 is 7.01. The van der Waals surface area contributed by atoms with Crippen LogP contribution in [0.5, 0.6) is 11.5 Å².